The molecule has 1 amide bonds. The molecule has 0 radical (unpaired) electrons. The summed E-state index contributed by atoms with van der Waals surface area (Å²) in [7, 11) is 0. The third kappa shape index (κ3) is 4.15. The maximum Gasteiger partial charge on any atom is 0.407 e. The van der Waals surface area contributed by atoms with E-state index in [-0.39, 0.29) is 18.9 Å². The highest BCUT2D eigenvalue weighted by molar-refractivity contribution is 5.82. The number of carboxylic acids is 1. The van der Waals surface area contributed by atoms with Crippen LogP contribution in [0.3, 0.4) is 0 Å². The Hall–Kier alpha value is -4.19. The summed E-state index contributed by atoms with van der Waals surface area (Å²) in [5.74, 6) is -1.20. The Morgan fingerprint density at radius 2 is 1.64 bits per heavy atom. The molecule has 0 unspecified atom stereocenters. The summed E-state index contributed by atoms with van der Waals surface area (Å²) >= 11 is 0. The van der Waals surface area contributed by atoms with Crippen LogP contribution < -0.4 is 5.32 Å². The topological polar surface area (TPSA) is 88.5 Å². The minimum atomic E-state index is -1.12. The van der Waals surface area contributed by atoms with Crippen LogP contribution in [-0.2, 0) is 16.0 Å². The van der Waals surface area contributed by atoms with Crippen LogP contribution in [0, 0.1) is 0 Å². The van der Waals surface area contributed by atoms with Crippen LogP contribution in [0.4, 0.5) is 4.79 Å². The van der Waals surface area contributed by atoms with Crippen molar-refractivity contribution in [2.75, 3.05) is 6.61 Å². The lowest BCUT2D eigenvalue weighted by atomic mass is 9.98. The lowest BCUT2D eigenvalue weighted by Gasteiger charge is -2.17. The van der Waals surface area contributed by atoms with Crippen LogP contribution in [0.5, 0.6) is 0 Å². The highest BCUT2D eigenvalue weighted by Crippen LogP contribution is 2.44. The second-order valence-corrected chi connectivity index (χ2v) is 8.10. The van der Waals surface area contributed by atoms with E-state index in [1.165, 1.54) is 0 Å². The highest BCUT2D eigenvalue weighted by atomic mass is 16.5. The van der Waals surface area contributed by atoms with E-state index < -0.39 is 18.1 Å². The van der Waals surface area contributed by atoms with Gasteiger partial charge in [-0.25, -0.2) is 9.59 Å². The quantitative estimate of drug-likeness (QED) is 0.453. The molecule has 1 aliphatic rings. The normalized spacial score (nSPS) is 13.2. The number of ether oxygens (including phenoxy) is 1. The number of rotatable bonds is 6. The molecule has 1 heterocycles. The fourth-order valence-corrected chi connectivity index (χ4v) is 4.47. The van der Waals surface area contributed by atoms with Gasteiger partial charge in [-0.1, -0.05) is 60.7 Å². The van der Waals surface area contributed by atoms with Crippen LogP contribution in [0.2, 0.25) is 0 Å². The van der Waals surface area contributed by atoms with E-state index in [1.807, 2.05) is 66.7 Å². The number of benzene rings is 3. The van der Waals surface area contributed by atoms with Gasteiger partial charge in [0.1, 0.15) is 12.6 Å². The zero-order valence-electron chi connectivity index (χ0n) is 17.8. The van der Waals surface area contributed by atoms with E-state index in [0.29, 0.717) is 0 Å². The van der Waals surface area contributed by atoms with Crippen LogP contribution in [-0.4, -0.2) is 34.8 Å². The van der Waals surface area contributed by atoms with Gasteiger partial charge < -0.3 is 15.2 Å². The largest absolute Gasteiger partial charge is 0.480 e. The van der Waals surface area contributed by atoms with Gasteiger partial charge in [0.2, 0.25) is 0 Å². The SMILES string of the molecule is O=C(N[C@H](Cc1ccc2ncccc2c1)C(=O)O)OCC1c2ccccc2-c2ccccc21. The lowest BCUT2D eigenvalue weighted by molar-refractivity contribution is -0.139. The van der Waals surface area contributed by atoms with Gasteiger partial charge in [0.15, 0.2) is 0 Å². The van der Waals surface area contributed by atoms with E-state index in [2.05, 4.69) is 22.4 Å². The van der Waals surface area contributed by atoms with Crippen molar-refractivity contribution in [3.05, 3.63) is 102 Å². The van der Waals surface area contributed by atoms with Gasteiger partial charge in [-0.15, -0.1) is 0 Å². The Balaban J connectivity index is 1.27. The standard InChI is InChI=1S/C27H22N2O4/c30-26(31)25(15-17-11-12-24-18(14-17)6-5-13-28-24)29-27(32)33-16-23-21-9-3-1-7-19(21)20-8-2-4-10-22(20)23/h1-14,23,25H,15-16H2,(H,29,32)(H,30,31)/t25-/m1/s1. The molecule has 0 saturated carbocycles. The second-order valence-electron chi connectivity index (χ2n) is 8.10. The molecule has 2 N–H and O–H groups in total. The van der Waals surface area contributed by atoms with E-state index in [4.69, 9.17) is 4.74 Å². The van der Waals surface area contributed by atoms with Crippen molar-refractivity contribution in [2.24, 2.45) is 0 Å². The van der Waals surface area contributed by atoms with E-state index in [9.17, 15) is 14.7 Å². The van der Waals surface area contributed by atoms with Crippen molar-refractivity contribution in [3.63, 3.8) is 0 Å². The van der Waals surface area contributed by atoms with Crippen molar-refractivity contribution in [3.8, 4) is 11.1 Å². The number of amides is 1. The van der Waals surface area contributed by atoms with Gasteiger partial charge in [-0.3, -0.25) is 4.98 Å². The van der Waals surface area contributed by atoms with Crippen LogP contribution in [0.1, 0.15) is 22.6 Å². The number of alkyl carbamates (subject to hydrolysis) is 1. The maximum atomic E-state index is 12.5. The smallest absolute Gasteiger partial charge is 0.407 e. The number of carbonyl (C=O) groups is 2. The fraction of sp³-hybridized carbons (Fsp3) is 0.148. The van der Waals surface area contributed by atoms with E-state index >= 15 is 0 Å². The molecule has 0 bridgehead atoms. The summed E-state index contributed by atoms with van der Waals surface area (Å²) in [5, 5.41) is 13.1. The third-order valence-electron chi connectivity index (χ3n) is 6.04. The Morgan fingerprint density at radius 3 is 2.33 bits per heavy atom. The molecular formula is C27H22N2O4. The van der Waals surface area contributed by atoms with Crippen LogP contribution in [0.25, 0.3) is 22.0 Å². The number of carboxylic acid groups (broad SMARTS) is 1. The summed E-state index contributed by atoms with van der Waals surface area (Å²) in [6.45, 7) is 0.133. The molecule has 0 saturated heterocycles. The minimum absolute atomic E-state index is 0.0839. The number of hydrogen-bond acceptors (Lipinski definition) is 4. The highest BCUT2D eigenvalue weighted by Gasteiger charge is 2.29. The Bertz CT molecular complexity index is 1310. The molecule has 33 heavy (non-hydrogen) atoms. The molecule has 0 aliphatic heterocycles. The van der Waals surface area contributed by atoms with E-state index in [1.54, 1.807) is 6.20 Å². The first-order valence-electron chi connectivity index (χ1n) is 10.8. The average Bonchev–Trinajstić information content (AvgIpc) is 3.16. The molecule has 0 spiro atoms. The molecule has 164 valence electrons. The number of pyridine rings is 1. The summed E-state index contributed by atoms with van der Waals surface area (Å²) in [6, 6.07) is 24.3. The predicted molar refractivity (Wildman–Crippen MR) is 125 cm³/mol. The lowest BCUT2D eigenvalue weighted by Crippen LogP contribution is -2.42. The van der Waals surface area contributed by atoms with Crippen molar-refractivity contribution >= 4 is 23.0 Å². The number of carbonyl (C=O) groups excluding carboxylic acids is 1. The van der Waals surface area contributed by atoms with Gasteiger partial charge in [-0.2, -0.15) is 0 Å². The minimum Gasteiger partial charge on any atom is -0.480 e. The van der Waals surface area contributed by atoms with Gasteiger partial charge >= 0.3 is 12.1 Å². The number of nitrogens with one attached hydrogen (secondary N) is 1. The molecule has 1 aromatic heterocycles. The van der Waals surface area contributed by atoms with Crippen LogP contribution >= 0.6 is 0 Å². The molecule has 1 aliphatic carbocycles. The molecular weight excluding hydrogens is 416 g/mol. The first-order valence-corrected chi connectivity index (χ1v) is 10.8. The first-order chi connectivity index (χ1) is 16.1. The molecule has 5 rings (SSSR count). The Kier molecular flexibility index (Phi) is 5.48. The Morgan fingerprint density at radius 1 is 0.939 bits per heavy atom. The average molecular weight is 438 g/mol. The van der Waals surface area contributed by atoms with Crippen LogP contribution in [0.15, 0.2) is 85.1 Å². The zero-order chi connectivity index (χ0) is 22.8. The predicted octanol–water partition coefficient (Wildman–Crippen LogP) is 4.77. The van der Waals surface area contributed by atoms with E-state index in [0.717, 1.165) is 38.7 Å². The Labute approximate surface area is 190 Å². The third-order valence-corrected chi connectivity index (χ3v) is 6.04. The fourth-order valence-electron chi connectivity index (χ4n) is 4.47. The van der Waals surface area contributed by atoms with Crippen molar-refractivity contribution < 1.29 is 19.4 Å². The van der Waals surface area contributed by atoms with Gasteiger partial charge in [0, 0.05) is 23.9 Å². The monoisotopic (exact) mass is 438 g/mol. The number of hydrogen-bond donors (Lipinski definition) is 2. The summed E-state index contributed by atoms with van der Waals surface area (Å²) < 4.78 is 5.50. The van der Waals surface area contributed by atoms with Gasteiger partial charge in [0.05, 0.1) is 5.52 Å². The number of aromatic nitrogens is 1. The molecule has 4 aromatic rings. The van der Waals surface area contributed by atoms with Crippen molar-refractivity contribution in [1.29, 1.82) is 0 Å². The summed E-state index contributed by atoms with van der Waals surface area (Å²) in [4.78, 5) is 28.6. The molecule has 1 atom stereocenters. The number of aliphatic carboxylic acids is 1. The number of fused-ring (bicyclic) bond motifs is 4. The summed E-state index contributed by atoms with van der Waals surface area (Å²) in [5.41, 5.74) is 6.10. The summed E-state index contributed by atoms with van der Waals surface area (Å²) in [6.07, 6.45) is 1.11. The molecule has 0 fully saturated rings. The number of nitrogens with zero attached hydrogens (tertiary/aromatic N) is 1. The zero-order valence-corrected chi connectivity index (χ0v) is 17.8. The molecule has 3 aromatic carbocycles. The van der Waals surface area contributed by atoms with Gasteiger partial charge in [-0.05, 0) is 46.0 Å². The first kappa shape index (κ1) is 20.7. The second kappa shape index (κ2) is 8.74. The molecule has 6 heteroatoms. The van der Waals surface area contributed by atoms with Crippen molar-refractivity contribution in [2.45, 2.75) is 18.4 Å². The van der Waals surface area contributed by atoms with Crippen molar-refractivity contribution in [1.82, 2.24) is 10.3 Å². The molecule has 6 nitrogen and oxygen atoms in total. The van der Waals surface area contributed by atoms with Gasteiger partial charge in [0.25, 0.3) is 0 Å². The maximum absolute atomic E-state index is 12.5.